The first kappa shape index (κ1) is 11.7. The lowest BCUT2D eigenvalue weighted by Crippen LogP contribution is -2.59. The van der Waals surface area contributed by atoms with E-state index in [0.717, 1.165) is 19.4 Å². The van der Waals surface area contributed by atoms with Crippen LogP contribution in [-0.2, 0) is 4.74 Å². The van der Waals surface area contributed by atoms with Crippen molar-refractivity contribution in [2.45, 2.75) is 18.4 Å². The molecule has 1 amide bonds. The van der Waals surface area contributed by atoms with E-state index in [-0.39, 0.29) is 5.54 Å². The van der Waals surface area contributed by atoms with Crippen molar-refractivity contribution in [1.29, 1.82) is 0 Å². The number of anilines is 1. The molecular weight excluding hydrogens is 258 g/mol. The van der Waals surface area contributed by atoms with Gasteiger partial charge in [0.1, 0.15) is 5.52 Å². The molecule has 2 fully saturated rings. The van der Waals surface area contributed by atoms with E-state index in [0.29, 0.717) is 35.9 Å². The molecule has 2 aliphatic heterocycles. The molecule has 6 nitrogen and oxygen atoms in total. The summed E-state index contributed by atoms with van der Waals surface area (Å²) in [6.07, 6.45) is 2.19. The van der Waals surface area contributed by atoms with Crippen LogP contribution in [0.5, 0.6) is 0 Å². The summed E-state index contributed by atoms with van der Waals surface area (Å²) in [7, 11) is 0. The van der Waals surface area contributed by atoms with Crippen LogP contribution in [0.25, 0.3) is 11.1 Å². The Kier molecular flexibility index (Phi) is 2.32. The van der Waals surface area contributed by atoms with Gasteiger partial charge in [0, 0.05) is 6.54 Å². The molecule has 0 unspecified atom stereocenters. The predicted molar refractivity (Wildman–Crippen MR) is 72.7 cm³/mol. The SMILES string of the molecule is NC(=O)c1cccc2oc(N3CCCC34COC4)nc12. The number of benzene rings is 1. The van der Waals surface area contributed by atoms with Crippen molar-refractivity contribution in [1.82, 2.24) is 4.98 Å². The number of fused-ring (bicyclic) bond motifs is 1. The number of rotatable bonds is 2. The van der Waals surface area contributed by atoms with Crippen LogP contribution in [0.3, 0.4) is 0 Å². The largest absolute Gasteiger partial charge is 0.423 e. The zero-order valence-electron chi connectivity index (χ0n) is 11.0. The van der Waals surface area contributed by atoms with Crippen molar-refractivity contribution in [2.75, 3.05) is 24.7 Å². The maximum absolute atomic E-state index is 11.4. The first-order valence-corrected chi connectivity index (χ1v) is 6.74. The van der Waals surface area contributed by atoms with E-state index in [4.69, 9.17) is 14.9 Å². The number of nitrogens with zero attached hydrogens (tertiary/aromatic N) is 2. The number of primary amides is 1. The molecule has 3 heterocycles. The van der Waals surface area contributed by atoms with E-state index in [9.17, 15) is 4.79 Å². The predicted octanol–water partition coefficient (Wildman–Crippen LogP) is 1.30. The van der Waals surface area contributed by atoms with Gasteiger partial charge in [0.15, 0.2) is 5.58 Å². The number of amides is 1. The van der Waals surface area contributed by atoms with E-state index in [1.165, 1.54) is 0 Å². The molecule has 1 spiro atoms. The molecule has 2 aromatic rings. The highest BCUT2D eigenvalue weighted by Crippen LogP contribution is 2.40. The molecule has 2 N–H and O–H groups in total. The molecule has 0 atom stereocenters. The molecule has 1 aromatic heterocycles. The molecule has 2 saturated heterocycles. The molecule has 2 aliphatic rings. The smallest absolute Gasteiger partial charge is 0.299 e. The number of hydrogen-bond donors (Lipinski definition) is 1. The number of nitrogens with two attached hydrogens (primary N) is 1. The number of hydrogen-bond acceptors (Lipinski definition) is 5. The van der Waals surface area contributed by atoms with Gasteiger partial charge in [-0.1, -0.05) is 6.07 Å². The molecule has 1 aromatic carbocycles. The van der Waals surface area contributed by atoms with Crippen molar-refractivity contribution in [3.05, 3.63) is 23.8 Å². The molecule has 104 valence electrons. The van der Waals surface area contributed by atoms with Gasteiger partial charge in [0.2, 0.25) is 0 Å². The summed E-state index contributed by atoms with van der Waals surface area (Å²) in [5.41, 5.74) is 6.95. The van der Waals surface area contributed by atoms with Crippen molar-refractivity contribution < 1.29 is 13.9 Å². The highest BCUT2D eigenvalue weighted by atomic mass is 16.5. The number of para-hydroxylation sites is 1. The number of carbonyl (C=O) groups excluding carboxylic acids is 1. The second-order valence-corrected chi connectivity index (χ2v) is 5.49. The Morgan fingerprint density at radius 3 is 2.95 bits per heavy atom. The summed E-state index contributed by atoms with van der Waals surface area (Å²) < 4.78 is 11.2. The highest BCUT2D eigenvalue weighted by molar-refractivity contribution is 6.03. The third-order valence-corrected chi connectivity index (χ3v) is 4.24. The van der Waals surface area contributed by atoms with Crippen molar-refractivity contribution in [3.63, 3.8) is 0 Å². The number of carbonyl (C=O) groups is 1. The fourth-order valence-electron chi connectivity index (χ4n) is 3.13. The first-order chi connectivity index (χ1) is 9.70. The zero-order chi connectivity index (χ0) is 13.7. The minimum Gasteiger partial charge on any atom is -0.423 e. The van der Waals surface area contributed by atoms with Gasteiger partial charge < -0.3 is 19.8 Å². The minimum absolute atomic E-state index is 0.0355. The quantitative estimate of drug-likeness (QED) is 0.891. The topological polar surface area (TPSA) is 81.6 Å². The van der Waals surface area contributed by atoms with Gasteiger partial charge in [-0.15, -0.1) is 0 Å². The Hall–Kier alpha value is -2.08. The van der Waals surface area contributed by atoms with Gasteiger partial charge in [-0.05, 0) is 25.0 Å². The average Bonchev–Trinajstić information content (AvgIpc) is 3.00. The zero-order valence-corrected chi connectivity index (χ0v) is 11.0. The first-order valence-electron chi connectivity index (χ1n) is 6.74. The number of aromatic nitrogens is 1. The molecule has 4 rings (SSSR count). The number of oxazole rings is 1. The van der Waals surface area contributed by atoms with Crippen molar-refractivity contribution in [2.24, 2.45) is 5.73 Å². The summed E-state index contributed by atoms with van der Waals surface area (Å²) in [6.45, 7) is 2.34. The monoisotopic (exact) mass is 273 g/mol. The maximum atomic E-state index is 11.4. The van der Waals surface area contributed by atoms with Gasteiger partial charge in [0.25, 0.3) is 11.9 Å². The van der Waals surface area contributed by atoms with Gasteiger partial charge >= 0.3 is 0 Å². The van der Waals surface area contributed by atoms with Crippen LogP contribution in [0.15, 0.2) is 22.6 Å². The molecule has 0 saturated carbocycles. The van der Waals surface area contributed by atoms with Crippen LogP contribution in [0.1, 0.15) is 23.2 Å². The average molecular weight is 273 g/mol. The van der Waals surface area contributed by atoms with E-state index in [1.54, 1.807) is 18.2 Å². The third-order valence-electron chi connectivity index (χ3n) is 4.24. The highest BCUT2D eigenvalue weighted by Gasteiger charge is 2.49. The van der Waals surface area contributed by atoms with E-state index < -0.39 is 5.91 Å². The summed E-state index contributed by atoms with van der Waals surface area (Å²) >= 11 is 0. The van der Waals surface area contributed by atoms with E-state index in [1.807, 2.05) is 0 Å². The van der Waals surface area contributed by atoms with Gasteiger partial charge in [0.05, 0.1) is 24.3 Å². The van der Waals surface area contributed by atoms with Gasteiger partial charge in [-0.3, -0.25) is 4.79 Å². The lowest BCUT2D eigenvalue weighted by atomic mass is 9.94. The molecule has 0 aliphatic carbocycles. The van der Waals surface area contributed by atoms with Crippen LogP contribution in [0.2, 0.25) is 0 Å². The fourth-order valence-corrected chi connectivity index (χ4v) is 3.13. The standard InChI is InChI=1S/C14H15N3O3/c15-12(18)9-3-1-4-10-11(9)16-13(20-10)17-6-2-5-14(17)7-19-8-14/h1,3-4H,2,5-8H2,(H2,15,18). The summed E-state index contributed by atoms with van der Waals surface area (Å²) in [4.78, 5) is 18.1. The molecule has 20 heavy (non-hydrogen) atoms. The Labute approximate surface area is 115 Å². The molecule has 0 radical (unpaired) electrons. The third kappa shape index (κ3) is 1.48. The Balaban J connectivity index is 1.81. The van der Waals surface area contributed by atoms with Gasteiger partial charge in [-0.25, -0.2) is 0 Å². The Morgan fingerprint density at radius 2 is 2.25 bits per heavy atom. The van der Waals surface area contributed by atoms with Crippen LogP contribution >= 0.6 is 0 Å². The van der Waals surface area contributed by atoms with Crippen LogP contribution in [0, 0.1) is 0 Å². The molecular formula is C14H15N3O3. The van der Waals surface area contributed by atoms with Gasteiger partial charge in [-0.2, -0.15) is 4.98 Å². The number of ether oxygens (including phenoxy) is 1. The van der Waals surface area contributed by atoms with Crippen LogP contribution in [0.4, 0.5) is 6.01 Å². The van der Waals surface area contributed by atoms with E-state index >= 15 is 0 Å². The van der Waals surface area contributed by atoms with Crippen LogP contribution < -0.4 is 10.6 Å². The minimum atomic E-state index is -0.487. The second kappa shape index (κ2) is 3.96. The van der Waals surface area contributed by atoms with Crippen LogP contribution in [-0.4, -0.2) is 36.2 Å². The molecule has 0 bridgehead atoms. The summed E-state index contributed by atoms with van der Waals surface area (Å²) in [5, 5.41) is 0. The fraction of sp³-hybridized carbons (Fsp3) is 0.429. The Bertz CT molecular complexity index is 690. The maximum Gasteiger partial charge on any atom is 0.299 e. The van der Waals surface area contributed by atoms with Crippen molar-refractivity contribution in [3.8, 4) is 0 Å². The molecule has 6 heteroatoms. The lowest BCUT2D eigenvalue weighted by molar-refractivity contribution is -0.0520. The normalized spacial score (nSPS) is 20.5. The lowest BCUT2D eigenvalue weighted by Gasteiger charge is -2.44. The second-order valence-electron chi connectivity index (χ2n) is 5.49. The van der Waals surface area contributed by atoms with E-state index in [2.05, 4.69) is 9.88 Å². The summed E-state index contributed by atoms with van der Waals surface area (Å²) in [6, 6.07) is 5.79. The summed E-state index contributed by atoms with van der Waals surface area (Å²) in [5.74, 6) is -0.487. The van der Waals surface area contributed by atoms with Crippen molar-refractivity contribution >= 4 is 23.0 Å². The Morgan fingerprint density at radius 1 is 1.40 bits per heavy atom.